The van der Waals surface area contributed by atoms with Crippen molar-refractivity contribution in [1.82, 2.24) is 5.32 Å². The number of nitrogens with one attached hydrogen (secondary N) is 1. The summed E-state index contributed by atoms with van der Waals surface area (Å²) in [4.78, 5) is 23.7. The van der Waals surface area contributed by atoms with Crippen LogP contribution in [-0.2, 0) is 4.79 Å². The third kappa shape index (κ3) is 5.18. The van der Waals surface area contributed by atoms with E-state index < -0.39 is 23.0 Å². The molecule has 1 unspecified atom stereocenters. The first-order valence-corrected chi connectivity index (χ1v) is 7.21. The molecule has 0 heterocycles. The molecule has 6 heteroatoms. The average molecular weight is 313 g/mol. The van der Waals surface area contributed by atoms with Crippen LogP contribution in [-0.4, -0.2) is 28.9 Å². The number of amides is 1. The number of hydrogen-bond acceptors (Lipinski definition) is 3. The first kappa shape index (κ1) is 18.2. The van der Waals surface area contributed by atoms with E-state index in [0.717, 1.165) is 12.1 Å². The van der Waals surface area contributed by atoms with Crippen LogP contribution in [0.4, 0.5) is 8.78 Å². The van der Waals surface area contributed by atoms with Gasteiger partial charge in [0.25, 0.3) is 0 Å². The van der Waals surface area contributed by atoms with Gasteiger partial charge >= 0.3 is 0 Å². The summed E-state index contributed by atoms with van der Waals surface area (Å²) in [6, 6.07) is 2.91. The average Bonchev–Trinajstić information content (AvgIpc) is 2.47. The zero-order chi connectivity index (χ0) is 16.8. The minimum atomic E-state index is -1.09. The molecule has 0 fully saturated rings. The van der Waals surface area contributed by atoms with Gasteiger partial charge in [-0.2, -0.15) is 0 Å². The molecule has 0 aliphatic carbocycles. The molecule has 0 aliphatic rings. The van der Waals surface area contributed by atoms with Crippen LogP contribution in [0.3, 0.4) is 0 Å². The van der Waals surface area contributed by atoms with Gasteiger partial charge in [-0.05, 0) is 38.0 Å². The Labute approximate surface area is 128 Å². The fraction of sp³-hybridized carbons (Fsp3) is 0.500. The standard InChI is InChI=1S/C16H21F2NO3/c1-3-16(2,8-9-20)19-15(22)7-6-14(21)11-4-5-12(17)13(18)10-11/h4-5,10,20H,3,6-9H2,1-2H3,(H,19,22). The van der Waals surface area contributed by atoms with Gasteiger partial charge in [0.15, 0.2) is 17.4 Å². The van der Waals surface area contributed by atoms with Crippen LogP contribution in [0.15, 0.2) is 18.2 Å². The summed E-state index contributed by atoms with van der Waals surface area (Å²) in [5, 5.41) is 11.8. The molecular formula is C16H21F2NO3. The highest BCUT2D eigenvalue weighted by Crippen LogP contribution is 2.15. The number of carbonyl (C=O) groups excluding carboxylic acids is 2. The molecule has 0 saturated carbocycles. The van der Waals surface area contributed by atoms with Crippen LogP contribution in [0.25, 0.3) is 0 Å². The Balaban J connectivity index is 2.56. The fourth-order valence-electron chi connectivity index (χ4n) is 2.01. The molecule has 4 nitrogen and oxygen atoms in total. The number of rotatable bonds is 8. The second-order valence-corrected chi connectivity index (χ2v) is 5.49. The van der Waals surface area contributed by atoms with Crippen LogP contribution in [0.1, 0.15) is 49.9 Å². The molecule has 22 heavy (non-hydrogen) atoms. The molecule has 0 saturated heterocycles. The van der Waals surface area contributed by atoms with Gasteiger partial charge in [-0.3, -0.25) is 9.59 Å². The van der Waals surface area contributed by atoms with Crippen molar-refractivity contribution in [3.05, 3.63) is 35.4 Å². The van der Waals surface area contributed by atoms with E-state index in [0.29, 0.717) is 12.8 Å². The molecule has 1 atom stereocenters. The summed E-state index contributed by atoms with van der Waals surface area (Å²) >= 11 is 0. The molecule has 0 radical (unpaired) electrons. The summed E-state index contributed by atoms with van der Waals surface area (Å²) in [7, 11) is 0. The lowest BCUT2D eigenvalue weighted by Crippen LogP contribution is -2.46. The summed E-state index contributed by atoms with van der Waals surface area (Å²) in [5.41, 5.74) is -0.475. The van der Waals surface area contributed by atoms with Crippen molar-refractivity contribution in [1.29, 1.82) is 0 Å². The Morgan fingerprint density at radius 1 is 1.23 bits per heavy atom. The quantitative estimate of drug-likeness (QED) is 0.725. The minimum Gasteiger partial charge on any atom is -0.396 e. The highest BCUT2D eigenvalue weighted by atomic mass is 19.2. The molecule has 0 spiro atoms. The molecule has 1 amide bonds. The molecule has 1 aromatic rings. The predicted octanol–water partition coefficient (Wildman–Crippen LogP) is 2.60. The number of aliphatic hydroxyl groups is 1. The number of benzene rings is 1. The number of hydrogen-bond donors (Lipinski definition) is 2. The summed E-state index contributed by atoms with van der Waals surface area (Å²) in [5.74, 6) is -2.84. The van der Waals surface area contributed by atoms with E-state index in [2.05, 4.69) is 5.32 Å². The first-order chi connectivity index (χ1) is 10.3. The van der Waals surface area contributed by atoms with Gasteiger partial charge in [0, 0.05) is 30.6 Å². The lowest BCUT2D eigenvalue weighted by atomic mass is 9.94. The molecule has 1 aromatic carbocycles. The third-order valence-corrected chi connectivity index (χ3v) is 3.71. The summed E-state index contributed by atoms with van der Waals surface area (Å²) in [6.07, 6.45) is 0.942. The Kier molecular flexibility index (Phi) is 6.61. The zero-order valence-electron chi connectivity index (χ0n) is 12.8. The largest absolute Gasteiger partial charge is 0.396 e. The monoisotopic (exact) mass is 313 g/mol. The van der Waals surface area contributed by atoms with Gasteiger partial charge in [-0.15, -0.1) is 0 Å². The Bertz CT molecular complexity index is 548. The number of halogens is 2. The van der Waals surface area contributed by atoms with Crippen LogP contribution in [0.5, 0.6) is 0 Å². The van der Waals surface area contributed by atoms with E-state index >= 15 is 0 Å². The normalized spacial score (nSPS) is 13.5. The number of carbonyl (C=O) groups is 2. The van der Waals surface area contributed by atoms with E-state index in [1.54, 1.807) is 0 Å². The molecule has 0 aliphatic heterocycles. The highest BCUT2D eigenvalue weighted by Gasteiger charge is 2.23. The van der Waals surface area contributed by atoms with E-state index in [9.17, 15) is 18.4 Å². The third-order valence-electron chi connectivity index (χ3n) is 3.71. The van der Waals surface area contributed by atoms with E-state index in [1.165, 1.54) is 6.07 Å². The van der Waals surface area contributed by atoms with Crippen LogP contribution < -0.4 is 5.32 Å². The van der Waals surface area contributed by atoms with Gasteiger partial charge in [0.2, 0.25) is 5.91 Å². The van der Waals surface area contributed by atoms with Crippen LogP contribution in [0, 0.1) is 11.6 Å². The first-order valence-electron chi connectivity index (χ1n) is 7.21. The molecule has 122 valence electrons. The van der Waals surface area contributed by atoms with Crippen LogP contribution >= 0.6 is 0 Å². The smallest absolute Gasteiger partial charge is 0.220 e. The highest BCUT2D eigenvalue weighted by molar-refractivity contribution is 5.98. The fourth-order valence-corrected chi connectivity index (χ4v) is 2.01. The van der Waals surface area contributed by atoms with E-state index in [-0.39, 0.29) is 30.9 Å². The van der Waals surface area contributed by atoms with Crippen molar-refractivity contribution < 1.29 is 23.5 Å². The molecular weight excluding hydrogens is 292 g/mol. The number of ketones is 1. The second-order valence-electron chi connectivity index (χ2n) is 5.49. The Hall–Kier alpha value is -1.82. The second kappa shape index (κ2) is 7.98. The SMILES string of the molecule is CCC(C)(CCO)NC(=O)CCC(=O)c1ccc(F)c(F)c1. The van der Waals surface area contributed by atoms with Gasteiger partial charge in [-0.25, -0.2) is 8.78 Å². The van der Waals surface area contributed by atoms with E-state index in [1.807, 2.05) is 13.8 Å². The van der Waals surface area contributed by atoms with Crippen molar-refractivity contribution >= 4 is 11.7 Å². The Morgan fingerprint density at radius 2 is 1.91 bits per heavy atom. The van der Waals surface area contributed by atoms with Gasteiger partial charge in [0.1, 0.15) is 0 Å². The molecule has 2 N–H and O–H groups in total. The predicted molar refractivity (Wildman–Crippen MR) is 78.5 cm³/mol. The number of Topliss-reactive ketones (excluding diaryl/α,β-unsaturated/α-hetero) is 1. The maximum absolute atomic E-state index is 13.1. The van der Waals surface area contributed by atoms with Gasteiger partial charge in [-0.1, -0.05) is 6.92 Å². The van der Waals surface area contributed by atoms with E-state index in [4.69, 9.17) is 5.11 Å². The molecule has 0 aromatic heterocycles. The van der Waals surface area contributed by atoms with Gasteiger partial charge in [0.05, 0.1) is 0 Å². The summed E-state index contributed by atoms with van der Waals surface area (Å²) < 4.78 is 25.9. The minimum absolute atomic E-state index is 0.0420. The topological polar surface area (TPSA) is 66.4 Å². The lowest BCUT2D eigenvalue weighted by Gasteiger charge is -2.29. The van der Waals surface area contributed by atoms with Gasteiger partial charge < -0.3 is 10.4 Å². The van der Waals surface area contributed by atoms with Crippen molar-refractivity contribution in [2.45, 2.75) is 45.1 Å². The molecule has 1 rings (SSSR count). The number of aliphatic hydroxyl groups excluding tert-OH is 1. The van der Waals surface area contributed by atoms with Crippen molar-refractivity contribution in [3.63, 3.8) is 0 Å². The zero-order valence-corrected chi connectivity index (χ0v) is 12.8. The van der Waals surface area contributed by atoms with Crippen LogP contribution in [0.2, 0.25) is 0 Å². The Morgan fingerprint density at radius 3 is 2.45 bits per heavy atom. The van der Waals surface area contributed by atoms with Crippen molar-refractivity contribution in [3.8, 4) is 0 Å². The maximum Gasteiger partial charge on any atom is 0.220 e. The molecule has 0 bridgehead atoms. The lowest BCUT2D eigenvalue weighted by molar-refractivity contribution is -0.123. The maximum atomic E-state index is 13.1. The summed E-state index contributed by atoms with van der Waals surface area (Å²) in [6.45, 7) is 3.67. The van der Waals surface area contributed by atoms with Crippen molar-refractivity contribution in [2.75, 3.05) is 6.61 Å². The van der Waals surface area contributed by atoms with Crippen molar-refractivity contribution in [2.24, 2.45) is 0 Å².